The first-order valence-electron chi connectivity index (χ1n) is 11.3. The Hall–Kier alpha value is -2.42. The number of aromatic hydroxyl groups is 1. The second-order valence-electron chi connectivity index (χ2n) is 9.45. The monoisotopic (exact) mass is 423 g/mol. The quantitative estimate of drug-likeness (QED) is 0.676. The Morgan fingerprint density at radius 3 is 2.68 bits per heavy atom. The lowest BCUT2D eigenvalue weighted by atomic mass is 9.83. The Labute approximate surface area is 184 Å². The van der Waals surface area contributed by atoms with Crippen molar-refractivity contribution in [3.63, 3.8) is 0 Å². The van der Waals surface area contributed by atoms with Gasteiger partial charge in [-0.15, -0.1) is 10.2 Å². The van der Waals surface area contributed by atoms with Crippen molar-refractivity contribution >= 4 is 11.5 Å². The van der Waals surface area contributed by atoms with Crippen molar-refractivity contribution in [2.75, 3.05) is 70.0 Å². The normalized spacial score (nSPS) is 22.5. The van der Waals surface area contributed by atoms with Crippen molar-refractivity contribution in [1.82, 2.24) is 25.3 Å². The summed E-state index contributed by atoms with van der Waals surface area (Å²) in [4.78, 5) is 7.50. The number of nitrogen functional groups attached to an aromatic ring is 1. The van der Waals surface area contributed by atoms with Crippen LogP contribution in [0.1, 0.15) is 12.8 Å². The van der Waals surface area contributed by atoms with Gasteiger partial charge < -0.3 is 21.1 Å². The second-order valence-corrected chi connectivity index (χ2v) is 9.45. The molecule has 31 heavy (non-hydrogen) atoms. The highest BCUT2D eigenvalue weighted by atomic mass is 16.3. The van der Waals surface area contributed by atoms with Gasteiger partial charge in [0.25, 0.3) is 0 Å². The zero-order valence-electron chi connectivity index (χ0n) is 18.3. The van der Waals surface area contributed by atoms with Gasteiger partial charge >= 0.3 is 0 Å². The van der Waals surface area contributed by atoms with Gasteiger partial charge in [0.1, 0.15) is 5.75 Å². The fourth-order valence-electron chi connectivity index (χ4n) is 5.42. The molecule has 0 aliphatic carbocycles. The Morgan fingerprint density at radius 1 is 1.13 bits per heavy atom. The molecule has 1 aromatic heterocycles. The molecule has 0 amide bonds. The molecule has 8 heteroatoms. The third-order valence-corrected chi connectivity index (χ3v) is 7.33. The van der Waals surface area contributed by atoms with Gasteiger partial charge in [-0.05, 0) is 57.1 Å². The molecule has 8 nitrogen and oxygen atoms in total. The van der Waals surface area contributed by atoms with Gasteiger partial charge in [-0.1, -0.05) is 12.1 Å². The lowest BCUT2D eigenvalue weighted by Crippen LogP contribution is -2.76. The van der Waals surface area contributed by atoms with Crippen molar-refractivity contribution in [1.29, 1.82) is 0 Å². The van der Waals surface area contributed by atoms with E-state index in [4.69, 9.17) is 5.73 Å². The molecule has 3 fully saturated rings. The first-order valence-corrected chi connectivity index (χ1v) is 11.3. The summed E-state index contributed by atoms with van der Waals surface area (Å²) in [6.45, 7) is 8.58. The SMILES string of the molecule is CN1CCN(c2cc(-c3ccccc3O)nnc2N)CC12CN(CC1CCNCC1)C2. The molecule has 1 spiro atoms. The molecule has 0 unspecified atom stereocenters. The average molecular weight is 424 g/mol. The van der Waals surface area contributed by atoms with E-state index in [1.54, 1.807) is 12.1 Å². The number of phenols is 1. The summed E-state index contributed by atoms with van der Waals surface area (Å²) in [7, 11) is 2.25. The molecule has 5 rings (SSSR count). The molecule has 2 aromatic rings. The summed E-state index contributed by atoms with van der Waals surface area (Å²) in [5, 5.41) is 22.2. The van der Waals surface area contributed by atoms with E-state index >= 15 is 0 Å². The number of nitrogens with two attached hydrogens (primary N) is 1. The van der Waals surface area contributed by atoms with Crippen molar-refractivity contribution < 1.29 is 5.11 Å². The molecule has 3 saturated heterocycles. The zero-order chi connectivity index (χ0) is 21.4. The lowest BCUT2D eigenvalue weighted by Gasteiger charge is -2.60. The zero-order valence-corrected chi connectivity index (χ0v) is 18.3. The number of benzene rings is 1. The summed E-state index contributed by atoms with van der Waals surface area (Å²) in [5.74, 6) is 1.48. The predicted molar refractivity (Wildman–Crippen MR) is 123 cm³/mol. The van der Waals surface area contributed by atoms with Crippen LogP contribution in [0.15, 0.2) is 30.3 Å². The van der Waals surface area contributed by atoms with Gasteiger partial charge in [0, 0.05) is 44.8 Å². The number of para-hydroxylation sites is 1. The molecule has 1 aromatic carbocycles. The van der Waals surface area contributed by atoms with Crippen LogP contribution in [-0.2, 0) is 0 Å². The van der Waals surface area contributed by atoms with Crippen molar-refractivity contribution in [3.05, 3.63) is 30.3 Å². The molecule has 0 bridgehead atoms. The minimum atomic E-state index is 0.163. The fraction of sp³-hybridized carbons (Fsp3) is 0.565. The van der Waals surface area contributed by atoms with Crippen molar-refractivity contribution in [2.45, 2.75) is 18.4 Å². The number of rotatable bonds is 4. The molecule has 3 aliphatic heterocycles. The van der Waals surface area contributed by atoms with E-state index in [-0.39, 0.29) is 11.3 Å². The minimum absolute atomic E-state index is 0.163. The molecule has 0 atom stereocenters. The van der Waals surface area contributed by atoms with Crippen LogP contribution in [-0.4, -0.2) is 90.0 Å². The Balaban J connectivity index is 1.31. The van der Waals surface area contributed by atoms with Crippen LogP contribution in [0.3, 0.4) is 0 Å². The van der Waals surface area contributed by atoms with Gasteiger partial charge in [0.05, 0.1) is 16.9 Å². The average Bonchev–Trinajstić information content (AvgIpc) is 2.76. The third kappa shape index (κ3) is 3.95. The molecule has 4 N–H and O–H groups in total. The molecule has 3 aliphatic rings. The fourth-order valence-corrected chi connectivity index (χ4v) is 5.42. The van der Waals surface area contributed by atoms with Gasteiger partial charge in [-0.2, -0.15) is 0 Å². The van der Waals surface area contributed by atoms with Crippen molar-refractivity contribution in [3.8, 4) is 17.0 Å². The van der Waals surface area contributed by atoms with Crippen LogP contribution in [0.25, 0.3) is 11.3 Å². The molecular formula is C23H33N7O. The standard InChI is InChI=1S/C23H33N7O/c1-28-10-11-30(16-23(28)14-29(15-23)13-17-6-8-25-9-7-17)20-12-19(26-27-22(20)24)18-4-2-3-5-21(18)31/h2-5,12,17,25,31H,6-11,13-16H2,1H3,(H2,24,27). The minimum Gasteiger partial charge on any atom is -0.507 e. The van der Waals surface area contributed by atoms with E-state index in [2.05, 4.69) is 37.3 Å². The van der Waals surface area contributed by atoms with Crippen LogP contribution in [0.5, 0.6) is 5.75 Å². The number of piperazine rings is 1. The maximum atomic E-state index is 10.2. The van der Waals surface area contributed by atoms with E-state index in [0.29, 0.717) is 17.1 Å². The van der Waals surface area contributed by atoms with Gasteiger partial charge in [-0.25, -0.2) is 0 Å². The van der Waals surface area contributed by atoms with Crippen LogP contribution in [0, 0.1) is 5.92 Å². The number of nitrogens with one attached hydrogen (secondary N) is 1. The first-order chi connectivity index (χ1) is 15.0. The van der Waals surface area contributed by atoms with E-state index in [1.165, 1.54) is 19.4 Å². The van der Waals surface area contributed by atoms with Crippen LogP contribution < -0.4 is 16.0 Å². The number of hydrogen-bond acceptors (Lipinski definition) is 8. The first kappa shape index (κ1) is 20.5. The van der Waals surface area contributed by atoms with Crippen LogP contribution in [0.4, 0.5) is 11.5 Å². The van der Waals surface area contributed by atoms with E-state index in [1.807, 2.05) is 18.2 Å². The Morgan fingerprint density at radius 2 is 1.90 bits per heavy atom. The molecule has 0 radical (unpaired) electrons. The number of anilines is 2. The number of aromatic nitrogens is 2. The molecule has 4 heterocycles. The highest BCUT2D eigenvalue weighted by Gasteiger charge is 2.49. The maximum absolute atomic E-state index is 10.2. The van der Waals surface area contributed by atoms with E-state index < -0.39 is 0 Å². The lowest BCUT2D eigenvalue weighted by molar-refractivity contribution is -0.0546. The summed E-state index contributed by atoms with van der Waals surface area (Å²) in [6.07, 6.45) is 2.58. The molecule has 166 valence electrons. The Kier molecular flexibility index (Phi) is 5.45. The Bertz CT molecular complexity index is 924. The molecule has 0 saturated carbocycles. The van der Waals surface area contributed by atoms with Gasteiger partial charge in [-0.3, -0.25) is 9.80 Å². The smallest absolute Gasteiger partial charge is 0.169 e. The number of likely N-dealkylation sites (N-methyl/N-ethyl adjacent to an activating group) is 1. The number of likely N-dealkylation sites (tertiary alicyclic amines) is 1. The van der Waals surface area contributed by atoms with E-state index in [0.717, 1.165) is 57.4 Å². The van der Waals surface area contributed by atoms with Crippen LogP contribution in [0.2, 0.25) is 0 Å². The topological polar surface area (TPSA) is 93.8 Å². The highest BCUT2D eigenvalue weighted by molar-refractivity contribution is 5.74. The number of hydrogen-bond donors (Lipinski definition) is 3. The number of piperidine rings is 1. The largest absolute Gasteiger partial charge is 0.507 e. The summed E-state index contributed by atoms with van der Waals surface area (Å²) < 4.78 is 0. The summed E-state index contributed by atoms with van der Waals surface area (Å²) >= 11 is 0. The molecular weight excluding hydrogens is 390 g/mol. The van der Waals surface area contributed by atoms with Gasteiger partial charge in [0.2, 0.25) is 0 Å². The predicted octanol–water partition coefficient (Wildman–Crippen LogP) is 1.24. The number of nitrogens with zero attached hydrogens (tertiary/aromatic N) is 5. The summed E-state index contributed by atoms with van der Waals surface area (Å²) in [5.41, 5.74) is 8.67. The highest BCUT2D eigenvalue weighted by Crippen LogP contribution is 2.37. The van der Waals surface area contributed by atoms with Crippen LogP contribution >= 0.6 is 0 Å². The second kappa shape index (κ2) is 8.26. The van der Waals surface area contributed by atoms with Crippen molar-refractivity contribution in [2.24, 2.45) is 5.92 Å². The van der Waals surface area contributed by atoms with E-state index in [9.17, 15) is 5.11 Å². The van der Waals surface area contributed by atoms with Gasteiger partial charge in [0.15, 0.2) is 5.82 Å². The maximum Gasteiger partial charge on any atom is 0.169 e. The third-order valence-electron chi connectivity index (χ3n) is 7.33. The summed E-state index contributed by atoms with van der Waals surface area (Å²) in [6, 6.07) is 9.20. The number of phenolic OH excluding ortho intramolecular Hbond substituents is 1.